The number of aliphatic hydroxyl groups excluding tert-OH is 2. The predicted octanol–water partition coefficient (Wildman–Crippen LogP) is 3.29. The molecule has 5 nitrogen and oxygen atoms in total. The van der Waals surface area contributed by atoms with Crippen LogP contribution in [0.1, 0.15) is 54.0 Å². The number of fused-ring (bicyclic) bond motifs is 1. The Morgan fingerprint density at radius 1 is 0.968 bits per heavy atom. The smallest absolute Gasteiger partial charge is 0.224 e. The van der Waals surface area contributed by atoms with E-state index in [0.717, 1.165) is 48.7 Å². The van der Waals surface area contributed by atoms with Gasteiger partial charge in [0.25, 0.3) is 0 Å². The van der Waals surface area contributed by atoms with Crippen LogP contribution in [0.4, 0.5) is 0 Å². The molecule has 31 heavy (non-hydrogen) atoms. The average molecular weight is 423 g/mol. The largest absolute Gasteiger partial charge is 0.392 e. The van der Waals surface area contributed by atoms with Gasteiger partial charge < -0.3 is 20.0 Å². The van der Waals surface area contributed by atoms with Crippen LogP contribution in [0.25, 0.3) is 0 Å². The summed E-state index contributed by atoms with van der Waals surface area (Å²) in [4.78, 5) is 17.2. The van der Waals surface area contributed by atoms with Crippen LogP contribution in [-0.2, 0) is 24.4 Å². The SMILES string of the molecule is O=C(CCN1CCC(Cc2ccccc2)CC1)N1CCC(O)c2ccc(CO)cc2C1. The van der Waals surface area contributed by atoms with Crippen molar-refractivity contribution in [3.05, 3.63) is 70.8 Å². The highest BCUT2D eigenvalue weighted by Crippen LogP contribution is 2.28. The van der Waals surface area contributed by atoms with Gasteiger partial charge in [-0.2, -0.15) is 0 Å². The van der Waals surface area contributed by atoms with Gasteiger partial charge in [-0.05, 0) is 66.9 Å². The zero-order valence-corrected chi connectivity index (χ0v) is 18.2. The first-order valence-corrected chi connectivity index (χ1v) is 11.6. The number of carbonyl (C=O) groups is 1. The molecule has 1 atom stereocenters. The zero-order chi connectivity index (χ0) is 21.6. The van der Waals surface area contributed by atoms with E-state index < -0.39 is 6.10 Å². The summed E-state index contributed by atoms with van der Waals surface area (Å²) < 4.78 is 0. The number of carbonyl (C=O) groups excluding carboxylic acids is 1. The highest BCUT2D eigenvalue weighted by Gasteiger charge is 2.25. The van der Waals surface area contributed by atoms with Crippen molar-refractivity contribution in [2.45, 2.75) is 51.4 Å². The Bertz CT molecular complexity index is 862. The predicted molar refractivity (Wildman–Crippen MR) is 121 cm³/mol. The number of rotatable bonds is 6. The van der Waals surface area contributed by atoms with Crippen molar-refractivity contribution in [2.24, 2.45) is 5.92 Å². The normalized spacial score (nSPS) is 20.3. The average Bonchev–Trinajstić information content (AvgIpc) is 2.97. The number of aliphatic hydroxyl groups is 2. The molecule has 0 saturated carbocycles. The first-order chi connectivity index (χ1) is 15.1. The molecular formula is C26H34N2O3. The summed E-state index contributed by atoms with van der Waals surface area (Å²) in [5, 5.41) is 19.9. The lowest BCUT2D eigenvalue weighted by atomic mass is 9.90. The van der Waals surface area contributed by atoms with Crippen molar-refractivity contribution in [3.8, 4) is 0 Å². The second-order valence-corrected chi connectivity index (χ2v) is 9.04. The molecule has 166 valence electrons. The van der Waals surface area contributed by atoms with Gasteiger partial charge in [-0.15, -0.1) is 0 Å². The quantitative estimate of drug-likeness (QED) is 0.750. The molecule has 2 N–H and O–H groups in total. The Labute approximate surface area is 185 Å². The molecule has 2 heterocycles. The molecule has 0 radical (unpaired) electrons. The molecule has 0 bridgehead atoms. The van der Waals surface area contributed by atoms with Crippen LogP contribution in [0, 0.1) is 5.92 Å². The Balaban J connectivity index is 1.26. The van der Waals surface area contributed by atoms with Gasteiger partial charge in [-0.3, -0.25) is 4.79 Å². The summed E-state index contributed by atoms with van der Waals surface area (Å²) in [5.41, 5.74) is 4.07. The number of nitrogens with zero attached hydrogens (tertiary/aromatic N) is 2. The van der Waals surface area contributed by atoms with E-state index in [2.05, 4.69) is 35.2 Å². The standard InChI is InChI=1S/C26H34N2O3/c29-19-22-6-7-24-23(17-22)18-28(15-10-25(24)30)26(31)11-14-27-12-8-21(9-13-27)16-20-4-2-1-3-5-20/h1-7,17,21,25,29-30H,8-16,18-19H2. The highest BCUT2D eigenvalue weighted by molar-refractivity contribution is 5.76. The third kappa shape index (κ3) is 5.73. The van der Waals surface area contributed by atoms with Crippen LogP contribution >= 0.6 is 0 Å². The minimum Gasteiger partial charge on any atom is -0.392 e. The van der Waals surface area contributed by atoms with Gasteiger partial charge >= 0.3 is 0 Å². The van der Waals surface area contributed by atoms with Crippen LogP contribution in [0.5, 0.6) is 0 Å². The fraction of sp³-hybridized carbons (Fsp3) is 0.500. The van der Waals surface area contributed by atoms with E-state index in [0.29, 0.717) is 25.9 Å². The molecule has 1 unspecified atom stereocenters. The second-order valence-electron chi connectivity index (χ2n) is 9.04. The topological polar surface area (TPSA) is 64.0 Å². The van der Waals surface area contributed by atoms with Crippen molar-refractivity contribution in [1.29, 1.82) is 0 Å². The van der Waals surface area contributed by atoms with Crippen molar-refractivity contribution in [3.63, 3.8) is 0 Å². The van der Waals surface area contributed by atoms with E-state index >= 15 is 0 Å². The van der Waals surface area contributed by atoms with E-state index in [4.69, 9.17) is 0 Å². The molecule has 1 amide bonds. The zero-order valence-electron chi connectivity index (χ0n) is 18.2. The van der Waals surface area contributed by atoms with E-state index in [1.54, 1.807) is 0 Å². The summed E-state index contributed by atoms with van der Waals surface area (Å²) in [6, 6.07) is 16.4. The minimum atomic E-state index is -0.552. The lowest BCUT2D eigenvalue weighted by Crippen LogP contribution is -2.38. The van der Waals surface area contributed by atoms with Gasteiger partial charge in [0, 0.05) is 26.1 Å². The molecule has 0 spiro atoms. The summed E-state index contributed by atoms with van der Waals surface area (Å²) in [5.74, 6) is 0.888. The number of amides is 1. The molecular weight excluding hydrogens is 388 g/mol. The molecule has 2 aromatic rings. The van der Waals surface area contributed by atoms with E-state index in [1.807, 2.05) is 23.1 Å². The van der Waals surface area contributed by atoms with Gasteiger partial charge in [0.15, 0.2) is 0 Å². The Kier molecular flexibility index (Phi) is 7.38. The molecule has 2 aromatic carbocycles. The number of hydrogen-bond donors (Lipinski definition) is 2. The maximum atomic E-state index is 12.9. The summed E-state index contributed by atoms with van der Waals surface area (Å²) in [6.07, 6.45) is 4.06. The number of benzene rings is 2. The van der Waals surface area contributed by atoms with Gasteiger partial charge in [0.05, 0.1) is 12.7 Å². The first-order valence-electron chi connectivity index (χ1n) is 11.6. The van der Waals surface area contributed by atoms with Crippen molar-refractivity contribution in [1.82, 2.24) is 9.80 Å². The molecule has 5 heteroatoms. The van der Waals surface area contributed by atoms with E-state index in [-0.39, 0.29) is 12.5 Å². The molecule has 0 aromatic heterocycles. The molecule has 2 aliphatic rings. The fourth-order valence-electron chi connectivity index (χ4n) is 4.92. The summed E-state index contributed by atoms with van der Waals surface area (Å²) in [7, 11) is 0. The molecule has 1 saturated heterocycles. The Morgan fingerprint density at radius 2 is 1.74 bits per heavy atom. The third-order valence-corrected chi connectivity index (χ3v) is 6.85. The van der Waals surface area contributed by atoms with Gasteiger partial charge in [0.2, 0.25) is 5.91 Å². The molecule has 1 fully saturated rings. The first kappa shape index (κ1) is 22.0. The Hall–Kier alpha value is -2.21. The minimum absolute atomic E-state index is 0.0302. The number of likely N-dealkylation sites (tertiary alicyclic amines) is 1. The van der Waals surface area contributed by atoms with E-state index in [1.165, 1.54) is 18.4 Å². The monoisotopic (exact) mass is 422 g/mol. The molecule has 4 rings (SSSR count). The molecule has 0 aliphatic carbocycles. The van der Waals surface area contributed by atoms with Gasteiger partial charge in [0.1, 0.15) is 0 Å². The van der Waals surface area contributed by atoms with Crippen molar-refractivity contribution in [2.75, 3.05) is 26.2 Å². The Morgan fingerprint density at radius 3 is 2.48 bits per heavy atom. The highest BCUT2D eigenvalue weighted by atomic mass is 16.3. The van der Waals surface area contributed by atoms with Crippen molar-refractivity contribution >= 4 is 5.91 Å². The summed E-state index contributed by atoms with van der Waals surface area (Å²) >= 11 is 0. The fourth-order valence-corrected chi connectivity index (χ4v) is 4.92. The van der Waals surface area contributed by atoms with Gasteiger partial charge in [-0.25, -0.2) is 0 Å². The van der Waals surface area contributed by atoms with Crippen molar-refractivity contribution < 1.29 is 15.0 Å². The second kappa shape index (κ2) is 10.4. The molecule has 2 aliphatic heterocycles. The number of piperidine rings is 1. The van der Waals surface area contributed by atoms with Crippen LogP contribution < -0.4 is 0 Å². The number of hydrogen-bond acceptors (Lipinski definition) is 4. The van der Waals surface area contributed by atoms with Crippen LogP contribution in [0.2, 0.25) is 0 Å². The lowest BCUT2D eigenvalue weighted by molar-refractivity contribution is -0.132. The van der Waals surface area contributed by atoms with E-state index in [9.17, 15) is 15.0 Å². The van der Waals surface area contributed by atoms with Gasteiger partial charge in [-0.1, -0.05) is 48.5 Å². The van der Waals surface area contributed by atoms with Crippen LogP contribution in [0.3, 0.4) is 0 Å². The lowest BCUT2D eigenvalue weighted by Gasteiger charge is -2.32. The summed E-state index contributed by atoms with van der Waals surface area (Å²) in [6.45, 7) is 3.98. The van der Waals surface area contributed by atoms with Crippen LogP contribution in [-0.4, -0.2) is 52.1 Å². The maximum Gasteiger partial charge on any atom is 0.224 e. The third-order valence-electron chi connectivity index (χ3n) is 6.85. The maximum absolute atomic E-state index is 12.9. The van der Waals surface area contributed by atoms with Crippen LogP contribution in [0.15, 0.2) is 48.5 Å².